The summed E-state index contributed by atoms with van der Waals surface area (Å²) in [7, 11) is 0. The molecule has 2 aromatic rings. The highest BCUT2D eigenvalue weighted by Gasteiger charge is 2.11. The van der Waals surface area contributed by atoms with Crippen molar-refractivity contribution in [3.63, 3.8) is 0 Å². The fourth-order valence-corrected chi connectivity index (χ4v) is 2.16. The predicted octanol–water partition coefficient (Wildman–Crippen LogP) is 0.657. The molecule has 0 atom stereocenters. The first-order valence-electron chi connectivity index (χ1n) is 8.59. The minimum atomic E-state index is -0.608. The second-order valence-electron chi connectivity index (χ2n) is 6.32. The lowest BCUT2D eigenvalue weighted by atomic mass is 10.1. The van der Waals surface area contributed by atoms with Gasteiger partial charge in [-0.05, 0) is 17.7 Å². The second kappa shape index (κ2) is 9.46. The molecule has 3 amide bonds. The first-order valence-corrected chi connectivity index (χ1v) is 8.59. The lowest BCUT2D eigenvalue weighted by Gasteiger charge is -2.06. The average Bonchev–Trinajstić information content (AvgIpc) is 3.12. The molecule has 0 bridgehead atoms. The van der Waals surface area contributed by atoms with Crippen molar-refractivity contribution < 1.29 is 18.9 Å². The van der Waals surface area contributed by atoms with Crippen LogP contribution in [0.1, 0.15) is 53.8 Å². The van der Waals surface area contributed by atoms with Gasteiger partial charge in [0, 0.05) is 30.9 Å². The number of amides is 3. The third-order valence-electron chi connectivity index (χ3n) is 3.70. The van der Waals surface area contributed by atoms with Gasteiger partial charge in [-0.1, -0.05) is 31.1 Å². The minimum Gasteiger partial charge on any atom is -0.368 e. The normalized spacial score (nSPS) is 10.6. The molecule has 0 saturated heterocycles. The number of aromatic nitrogens is 2. The molecule has 1 aromatic heterocycles. The molecule has 0 aliphatic rings. The van der Waals surface area contributed by atoms with Gasteiger partial charge in [0.25, 0.3) is 5.91 Å². The van der Waals surface area contributed by atoms with Crippen molar-refractivity contribution >= 4 is 17.7 Å². The maximum absolute atomic E-state index is 11.9. The number of benzene rings is 1. The fraction of sp³-hybridized carbons (Fsp3) is 0.389. The van der Waals surface area contributed by atoms with Crippen LogP contribution in [0.15, 0.2) is 28.8 Å². The number of nitrogens with one attached hydrogen (secondary N) is 2. The zero-order valence-corrected chi connectivity index (χ0v) is 15.3. The highest BCUT2D eigenvalue weighted by molar-refractivity contribution is 5.96. The second-order valence-corrected chi connectivity index (χ2v) is 6.32. The molecule has 144 valence electrons. The summed E-state index contributed by atoms with van der Waals surface area (Å²) in [6.07, 6.45) is 0.623. The minimum absolute atomic E-state index is 0.137. The largest absolute Gasteiger partial charge is 0.368 e. The Morgan fingerprint density at radius 3 is 2.44 bits per heavy atom. The molecular formula is C18H23N5O4. The van der Waals surface area contributed by atoms with Crippen molar-refractivity contribution in [2.24, 2.45) is 5.73 Å². The predicted molar refractivity (Wildman–Crippen MR) is 96.5 cm³/mol. The van der Waals surface area contributed by atoms with Crippen molar-refractivity contribution in [3.05, 3.63) is 47.1 Å². The first-order chi connectivity index (χ1) is 12.8. The van der Waals surface area contributed by atoms with Gasteiger partial charge >= 0.3 is 0 Å². The van der Waals surface area contributed by atoms with Crippen LogP contribution in [-0.2, 0) is 22.6 Å². The van der Waals surface area contributed by atoms with Crippen LogP contribution in [0, 0.1) is 0 Å². The Labute approximate surface area is 156 Å². The number of nitrogens with two attached hydrogens (primary N) is 1. The molecule has 0 aliphatic heterocycles. The molecule has 9 nitrogen and oxygen atoms in total. The Balaban J connectivity index is 1.75. The zero-order chi connectivity index (χ0) is 19.8. The third kappa shape index (κ3) is 6.53. The Hall–Kier alpha value is -3.23. The van der Waals surface area contributed by atoms with Gasteiger partial charge in [-0.25, -0.2) is 0 Å². The molecule has 0 aliphatic carbocycles. The summed E-state index contributed by atoms with van der Waals surface area (Å²) >= 11 is 0. The van der Waals surface area contributed by atoms with Crippen LogP contribution in [0.2, 0.25) is 0 Å². The Kier molecular flexibility index (Phi) is 7.04. The Bertz CT molecular complexity index is 798. The van der Waals surface area contributed by atoms with E-state index < -0.39 is 5.91 Å². The van der Waals surface area contributed by atoms with E-state index in [0.29, 0.717) is 30.2 Å². The van der Waals surface area contributed by atoms with Gasteiger partial charge in [0.1, 0.15) is 0 Å². The molecular weight excluding hydrogens is 350 g/mol. The number of rotatable bonds is 9. The summed E-state index contributed by atoms with van der Waals surface area (Å²) in [5.74, 6) is 0.124. The number of aryl methyl sites for hydroxylation is 1. The number of hydrogen-bond donors (Lipinski definition) is 3. The smallest absolute Gasteiger partial charge is 0.251 e. The van der Waals surface area contributed by atoms with E-state index in [4.69, 9.17) is 10.3 Å². The van der Waals surface area contributed by atoms with E-state index in [1.54, 1.807) is 24.3 Å². The van der Waals surface area contributed by atoms with E-state index in [1.165, 1.54) is 0 Å². The average molecular weight is 373 g/mol. The lowest BCUT2D eigenvalue weighted by Crippen LogP contribution is -2.33. The van der Waals surface area contributed by atoms with Crippen LogP contribution in [0.25, 0.3) is 0 Å². The summed E-state index contributed by atoms with van der Waals surface area (Å²) in [6, 6.07) is 6.69. The summed E-state index contributed by atoms with van der Waals surface area (Å²) in [5.41, 5.74) is 6.23. The quantitative estimate of drug-likeness (QED) is 0.590. The maximum atomic E-state index is 11.9. The number of nitrogens with zero attached hydrogens (tertiary/aromatic N) is 2. The van der Waals surface area contributed by atoms with Gasteiger partial charge < -0.3 is 20.9 Å². The summed E-state index contributed by atoms with van der Waals surface area (Å²) in [5, 5.41) is 9.06. The fourth-order valence-electron chi connectivity index (χ4n) is 2.16. The molecule has 0 unspecified atom stereocenters. The van der Waals surface area contributed by atoms with Crippen molar-refractivity contribution in [3.8, 4) is 0 Å². The number of carbonyl (C=O) groups excluding carboxylic acids is 3. The van der Waals surface area contributed by atoms with E-state index in [9.17, 15) is 14.4 Å². The molecule has 4 N–H and O–H groups in total. The highest BCUT2D eigenvalue weighted by Crippen LogP contribution is 2.10. The first kappa shape index (κ1) is 20.1. The maximum Gasteiger partial charge on any atom is 0.251 e. The van der Waals surface area contributed by atoms with Gasteiger partial charge in [0.15, 0.2) is 5.82 Å². The molecule has 0 radical (unpaired) electrons. The molecule has 27 heavy (non-hydrogen) atoms. The third-order valence-corrected chi connectivity index (χ3v) is 3.70. The standard InChI is InChI=1S/C18H23N5O4/c1-11(2)17-22-16(27-23-17)8-7-15(25)20-9-12-3-5-13(6-4-12)18(26)21-10-14(19)24/h3-6,11H,7-10H2,1-2H3,(H2,19,24)(H,20,25)(H,21,26). The number of primary amides is 1. The van der Waals surface area contributed by atoms with E-state index >= 15 is 0 Å². The van der Waals surface area contributed by atoms with Gasteiger partial charge in [0.05, 0.1) is 6.54 Å². The van der Waals surface area contributed by atoms with E-state index in [-0.39, 0.29) is 30.7 Å². The highest BCUT2D eigenvalue weighted by atomic mass is 16.5. The van der Waals surface area contributed by atoms with Crippen molar-refractivity contribution in [1.29, 1.82) is 0 Å². The zero-order valence-electron chi connectivity index (χ0n) is 15.3. The topological polar surface area (TPSA) is 140 Å². The molecule has 0 spiro atoms. The van der Waals surface area contributed by atoms with Crippen molar-refractivity contribution in [2.45, 2.75) is 39.2 Å². The SMILES string of the molecule is CC(C)c1noc(CCC(=O)NCc2ccc(C(=O)NCC(N)=O)cc2)n1. The molecule has 9 heteroatoms. The number of hydrogen-bond acceptors (Lipinski definition) is 6. The van der Waals surface area contributed by atoms with Crippen molar-refractivity contribution in [1.82, 2.24) is 20.8 Å². The Morgan fingerprint density at radius 1 is 1.15 bits per heavy atom. The monoisotopic (exact) mass is 373 g/mol. The van der Waals surface area contributed by atoms with Crippen LogP contribution in [-0.4, -0.2) is 34.4 Å². The van der Waals surface area contributed by atoms with Crippen molar-refractivity contribution in [2.75, 3.05) is 6.54 Å². The molecule has 2 rings (SSSR count). The molecule has 0 saturated carbocycles. The van der Waals surface area contributed by atoms with Crippen LogP contribution in [0.4, 0.5) is 0 Å². The van der Waals surface area contributed by atoms with Crippen LogP contribution in [0.5, 0.6) is 0 Å². The van der Waals surface area contributed by atoms with Crippen LogP contribution < -0.4 is 16.4 Å². The van der Waals surface area contributed by atoms with Crippen LogP contribution >= 0.6 is 0 Å². The van der Waals surface area contributed by atoms with E-state index in [1.807, 2.05) is 13.8 Å². The molecule has 1 aromatic carbocycles. The van der Waals surface area contributed by atoms with Gasteiger partial charge in [0.2, 0.25) is 17.7 Å². The van der Waals surface area contributed by atoms with E-state index in [0.717, 1.165) is 5.56 Å². The number of carbonyl (C=O) groups is 3. The molecule has 0 fully saturated rings. The molecule has 1 heterocycles. The van der Waals surface area contributed by atoms with E-state index in [2.05, 4.69) is 20.8 Å². The summed E-state index contributed by atoms with van der Waals surface area (Å²) in [6.45, 7) is 4.06. The van der Waals surface area contributed by atoms with Crippen LogP contribution in [0.3, 0.4) is 0 Å². The van der Waals surface area contributed by atoms with Gasteiger partial charge in [-0.2, -0.15) is 4.98 Å². The van der Waals surface area contributed by atoms with Gasteiger partial charge in [-0.15, -0.1) is 0 Å². The Morgan fingerprint density at radius 2 is 1.85 bits per heavy atom. The van der Waals surface area contributed by atoms with Gasteiger partial charge in [-0.3, -0.25) is 14.4 Å². The summed E-state index contributed by atoms with van der Waals surface area (Å²) < 4.78 is 5.10. The lowest BCUT2D eigenvalue weighted by molar-refractivity contribution is -0.121. The summed E-state index contributed by atoms with van der Waals surface area (Å²) in [4.78, 5) is 38.6.